The number of carbonyl (C=O) groups excluding carboxylic acids is 1. The second-order valence-electron chi connectivity index (χ2n) is 8.03. The summed E-state index contributed by atoms with van der Waals surface area (Å²) in [6.07, 6.45) is 0. The van der Waals surface area contributed by atoms with E-state index in [4.69, 9.17) is 9.47 Å². The van der Waals surface area contributed by atoms with Crippen LogP contribution in [0.1, 0.15) is 27.2 Å². The molecule has 6 nitrogen and oxygen atoms in total. The molecule has 34 heavy (non-hydrogen) atoms. The summed E-state index contributed by atoms with van der Waals surface area (Å²) in [5.74, 6) is -1.28. The molecule has 0 bridgehead atoms. The van der Waals surface area contributed by atoms with Crippen LogP contribution in [0, 0.1) is 25.5 Å². The van der Waals surface area contributed by atoms with Gasteiger partial charge in [-0.3, -0.25) is 14.2 Å². The molecule has 1 amide bonds. The van der Waals surface area contributed by atoms with Crippen LogP contribution >= 0.6 is 15.9 Å². The number of aryl methyl sites for hydroxylation is 2. The Morgan fingerprint density at radius 1 is 1.09 bits per heavy atom. The Bertz CT molecular complexity index is 1300. The van der Waals surface area contributed by atoms with Crippen LogP contribution in [0.5, 0.6) is 5.75 Å². The molecule has 0 saturated carbocycles. The van der Waals surface area contributed by atoms with Gasteiger partial charge in [0.2, 0.25) is 0 Å². The van der Waals surface area contributed by atoms with Crippen molar-refractivity contribution in [1.29, 1.82) is 0 Å². The summed E-state index contributed by atoms with van der Waals surface area (Å²) < 4.78 is 39.7. The Balaban J connectivity index is 1.65. The molecule has 0 unspecified atom stereocenters. The molecule has 0 radical (unpaired) electrons. The maximum Gasteiger partial charge on any atom is 0.273 e. The first-order valence-electron chi connectivity index (χ1n) is 10.7. The largest absolute Gasteiger partial charge is 0.487 e. The number of hydrogen-bond donors (Lipinski definition) is 0. The van der Waals surface area contributed by atoms with Crippen molar-refractivity contribution in [3.8, 4) is 11.4 Å². The van der Waals surface area contributed by atoms with Crippen LogP contribution in [-0.4, -0.2) is 41.7 Å². The van der Waals surface area contributed by atoms with E-state index in [1.807, 2.05) is 13.0 Å². The summed E-state index contributed by atoms with van der Waals surface area (Å²) >= 11 is 3.30. The van der Waals surface area contributed by atoms with Gasteiger partial charge in [-0.25, -0.2) is 8.78 Å². The number of morpholine rings is 1. The van der Waals surface area contributed by atoms with E-state index in [9.17, 15) is 18.4 Å². The molecule has 2 heterocycles. The number of carbonyl (C=O) groups is 1. The summed E-state index contributed by atoms with van der Waals surface area (Å²) in [5, 5.41) is 0. The lowest BCUT2D eigenvalue weighted by molar-refractivity contribution is 0.0303. The molecular formula is C25H23BrF2N2O4. The minimum Gasteiger partial charge on any atom is -0.487 e. The summed E-state index contributed by atoms with van der Waals surface area (Å²) in [6, 6.07) is 10.2. The van der Waals surface area contributed by atoms with Gasteiger partial charge in [-0.05, 0) is 59.6 Å². The van der Waals surface area contributed by atoms with E-state index in [1.54, 1.807) is 30.0 Å². The molecule has 3 aromatic rings. The van der Waals surface area contributed by atoms with Crippen molar-refractivity contribution in [2.24, 2.45) is 0 Å². The van der Waals surface area contributed by atoms with E-state index in [0.717, 1.165) is 17.7 Å². The zero-order chi connectivity index (χ0) is 24.4. The second-order valence-corrected chi connectivity index (χ2v) is 8.83. The average molecular weight is 533 g/mol. The van der Waals surface area contributed by atoms with Crippen molar-refractivity contribution in [1.82, 2.24) is 9.47 Å². The first kappa shape index (κ1) is 24.1. The van der Waals surface area contributed by atoms with E-state index < -0.39 is 11.6 Å². The monoisotopic (exact) mass is 532 g/mol. The lowest BCUT2D eigenvalue weighted by atomic mass is 10.1. The van der Waals surface area contributed by atoms with Crippen molar-refractivity contribution in [3.05, 3.63) is 91.3 Å². The number of pyridine rings is 1. The van der Waals surface area contributed by atoms with Crippen LogP contribution in [-0.2, 0) is 11.3 Å². The number of benzene rings is 2. The van der Waals surface area contributed by atoms with Crippen molar-refractivity contribution in [2.45, 2.75) is 20.5 Å². The van der Waals surface area contributed by atoms with Crippen molar-refractivity contribution in [3.63, 3.8) is 0 Å². The topological polar surface area (TPSA) is 60.8 Å². The lowest BCUT2D eigenvalue weighted by Gasteiger charge is -2.27. The minimum absolute atomic E-state index is 0.115. The molecule has 178 valence electrons. The fourth-order valence-electron chi connectivity index (χ4n) is 3.81. The van der Waals surface area contributed by atoms with Crippen LogP contribution in [0.15, 0.2) is 51.7 Å². The molecule has 9 heteroatoms. The number of hydrogen-bond acceptors (Lipinski definition) is 4. The van der Waals surface area contributed by atoms with Gasteiger partial charge >= 0.3 is 0 Å². The van der Waals surface area contributed by atoms with Crippen LogP contribution in [0.3, 0.4) is 0 Å². The molecule has 2 aromatic carbocycles. The highest BCUT2D eigenvalue weighted by atomic mass is 79.9. The Morgan fingerprint density at radius 2 is 1.82 bits per heavy atom. The van der Waals surface area contributed by atoms with Crippen molar-refractivity contribution in [2.75, 3.05) is 26.3 Å². The Kier molecular flexibility index (Phi) is 7.13. The van der Waals surface area contributed by atoms with Crippen LogP contribution in [0.4, 0.5) is 8.78 Å². The third kappa shape index (κ3) is 4.90. The van der Waals surface area contributed by atoms with Gasteiger partial charge < -0.3 is 14.4 Å². The Morgan fingerprint density at radius 3 is 2.53 bits per heavy atom. The van der Waals surface area contributed by atoms with Crippen molar-refractivity contribution >= 4 is 21.8 Å². The van der Waals surface area contributed by atoms with E-state index >= 15 is 0 Å². The molecule has 0 atom stereocenters. The van der Waals surface area contributed by atoms with Gasteiger partial charge in [-0.1, -0.05) is 6.07 Å². The first-order chi connectivity index (χ1) is 16.3. The number of halogens is 3. The van der Waals surface area contributed by atoms with E-state index in [1.165, 1.54) is 10.6 Å². The quantitative estimate of drug-likeness (QED) is 0.483. The van der Waals surface area contributed by atoms with E-state index in [0.29, 0.717) is 43.2 Å². The maximum absolute atomic E-state index is 13.9. The van der Waals surface area contributed by atoms with Gasteiger partial charge in [0.15, 0.2) is 0 Å². The summed E-state index contributed by atoms with van der Waals surface area (Å²) in [5.41, 5.74) is 2.24. The molecular weight excluding hydrogens is 510 g/mol. The molecule has 4 rings (SSSR count). The average Bonchev–Trinajstić information content (AvgIpc) is 2.82. The van der Waals surface area contributed by atoms with Crippen molar-refractivity contribution < 1.29 is 23.0 Å². The highest BCUT2D eigenvalue weighted by Gasteiger charge is 2.21. The zero-order valence-corrected chi connectivity index (χ0v) is 20.3. The van der Waals surface area contributed by atoms with Gasteiger partial charge in [0.1, 0.15) is 28.5 Å². The molecule has 1 aliphatic rings. The number of amides is 1. The molecule has 1 fully saturated rings. The van der Waals surface area contributed by atoms with Gasteiger partial charge in [-0.2, -0.15) is 0 Å². The molecule has 1 aromatic heterocycles. The minimum atomic E-state index is -0.724. The van der Waals surface area contributed by atoms with Gasteiger partial charge in [0, 0.05) is 42.0 Å². The van der Waals surface area contributed by atoms with Gasteiger partial charge in [0.25, 0.3) is 11.5 Å². The molecule has 0 spiro atoms. The van der Waals surface area contributed by atoms with Crippen LogP contribution in [0.2, 0.25) is 0 Å². The van der Waals surface area contributed by atoms with E-state index in [-0.39, 0.29) is 33.9 Å². The standard InChI is InChI=1S/C25H23BrF2N2O4/c1-15-3-4-17(24(31)29-7-9-33-10-8-29)12-21(15)30-16(2)11-22(23(26)25(30)32)34-14-18-5-6-19(27)13-20(18)28/h3-6,11-13H,7-10,14H2,1-2H3. The zero-order valence-electron chi connectivity index (χ0n) is 18.7. The summed E-state index contributed by atoms with van der Waals surface area (Å²) in [6.45, 7) is 5.48. The third-order valence-electron chi connectivity index (χ3n) is 5.69. The third-order valence-corrected chi connectivity index (χ3v) is 6.42. The smallest absolute Gasteiger partial charge is 0.273 e. The van der Waals surface area contributed by atoms with Gasteiger partial charge in [0.05, 0.1) is 18.9 Å². The predicted octanol–water partition coefficient (Wildman–Crippen LogP) is 4.55. The molecule has 1 saturated heterocycles. The number of aromatic nitrogens is 1. The van der Waals surface area contributed by atoms with Gasteiger partial charge in [-0.15, -0.1) is 0 Å². The number of ether oxygens (including phenoxy) is 2. The molecule has 1 aliphatic heterocycles. The fourth-order valence-corrected chi connectivity index (χ4v) is 4.22. The molecule has 0 aliphatic carbocycles. The Hall–Kier alpha value is -3.04. The SMILES string of the molecule is Cc1ccc(C(=O)N2CCOCC2)cc1-n1c(C)cc(OCc2ccc(F)cc2F)c(Br)c1=O. The second kappa shape index (κ2) is 10.1. The predicted molar refractivity (Wildman–Crippen MR) is 127 cm³/mol. The van der Waals surface area contributed by atoms with Crippen LogP contribution in [0.25, 0.3) is 5.69 Å². The number of rotatable bonds is 5. The normalized spacial score (nSPS) is 13.7. The number of nitrogens with zero attached hydrogens (tertiary/aromatic N) is 2. The highest BCUT2D eigenvalue weighted by Crippen LogP contribution is 2.27. The fraction of sp³-hybridized carbons (Fsp3) is 0.280. The summed E-state index contributed by atoms with van der Waals surface area (Å²) in [7, 11) is 0. The Labute approximate surface area is 203 Å². The van der Waals surface area contributed by atoms with Crippen LogP contribution < -0.4 is 10.3 Å². The highest BCUT2D eigenvalue weighted by molar-refractivity contribution is 9.10. The van der Waals surface area contributed by atoms with E-state index in [2.05, 4.69) is 15.9 Å². The first-order valence-corrected chi connectivity index (χ1v) is 11.5. The lowest BCUT2D eigenvalue weighted by Crippen LogP contribution is -2.40. The maximum atomic E-state index is 13.9. The summed E-state index contributed by atoms with van der Waals surface area (Å²) in [4.78, 5) is 28.0. The molecule has 0 N–H and O–H groups in total.